The predicted octanol–water partition coefficient (Wildman–Crippen LogP) is 3.43. The van der Waals surface area contributed by atoms with Crippen LogP contribution in [0.15, 0.2) is 40.9 Å². The first kappa shape index (κ1) is 14.7. The van der Waals surface area contributed by atoms with Crippen molar-refractivity contribution in [3.05, 3.63) is 57.0 Å². The molecule has 0 fully saturated rings. The Morgan fingerprint density at radius 3 is 2.57 bits per heavy atom. The molecule has 0 aromatic heterocycles. The molecule has 2 aromatic rings. The average Bonchev–Trinajstić information content (AvgIpc) is 2.50. The Bertz CT molecular complexity index is 666. The molecule has 1 aliphatic rings. The zero-order chi connectivity index (χ0) is 14.8. The zero-order valence-electron chi connectivity index (χ0n) is 11.1. The first-order valence-electron chi connectivity index (χ1n) is 6.49. The molecule has 0 amide bonds. The third kappa shape index (κ3) is 3.01. The second kappa shape index (κ2) is 6.23. The Labute approximate surface area is 136 Å². The predicted molar refractivity (Wildman–Crippen MR) is 85.8 cm³/mol. The summed E-state index contributed by atoms with van der Waals surface area (Å²) in [4.78, 5) is 0. The van der Waals surface area contributed by atoms with Crippen molar-refractivity contribution in [3.63, 3.8) is 0 Å². The molecule has 1 aliphatic heterocycles. The van der Waals surface area contributed by atoms with Crippen molar-refractivity contribution in [1.29, 1.82) is 0 Å². The number of hydrazine groups is 1. The Balaban J connectivity index is 1.99. The Kier molecular flexibility index (Phi) is 4.35. The van der Waals surface area contributed by atoms with Crippen LogP contribution in [0.4, 0.5) is 0 Å². The fourth-order valence-electron chi connectivity index (χ4n) is 2.34. The smallest absolute Gasteiger partial charge is 0.161 e. The van der Waals surface area contributed by atoms with Crippen molar-refractivity contribution in [1.82, 2.24) is 5.43 Å². The van der Waals surface area contributed by atoms with Gasteiger partial charge in [0.05, 0.1) is 6.04 Å². The van der Waals surface area contributed by atoms with Crippen molar-refractivity contribution < 1.29 is 9.47 Å². The van der Waals surface area contributed by atoms with E-state index < -0.39 is 0 Å². The fourth-order valence-corrected chi connectivity index (χ4v) is 3.12. The molecule has 4 nitrogen and oxygen atoms in total. The highest BCUT2D eigenvalue weighted by molar-refractivity contribution is 9.10. The molecule has 1 unspecified atom stereocenters. The van der Waals surface area contributed by atoms with Crippen molar-refractivity contribution in [2.45, 2.75) is 6.04 Å². The molecule has 110 valence electrons. The summed E-state index contributed by atoms with van der Waals surface area (Å²) < 4.78 is 12.1. The summed E-state index contributed by atoms with van der Waals surface area (Å²) in [5.41, 5.74) is 4.67. The normalized spacial score (nSPS) is 14.8. The summed E-state index contributed by atoms with van der Waals surface area (Å²) in [6.45, 7) is 1.12. The van der Waals surface area contributed by atoms with Crippen LogP contribution in [0, 0.1) is 0 Å². The maximum atomic E-state index is 6.31. The molecular weight excluding hydrogens is 356 g/mol. The zero-order valence-corrected chi connectivity index (χ0v) is 13.4. The molecule has 1 atom stereocenters. The summed E-state index contributed by atoms with van der Waals surface area (Å²) in [5.74, 6) is 7.21. The van der Waals surface area contributed by atoms with Crippen LogP contribution in [0.1, 0.15) is 17.2 Å². The van der Waals surface area contributed by atoms with Gasteiger partial charge in [-0.3, -0.25) is 5.84 Å². The minimum atomic E-state index is -0.221. The number of hydrogen-bond acceptors (Lipinski definition) is 4. The number of ether oxygens (including phenoxy) is 2. The number of hydrogen-bond donors (Lipinski definition) is 2. The van der Waals surface area contributed by atoms with E-state index in [2.05, 4.69) is 21.4 Å². The summed E-state index contributed by atoms with van der Waals surface area (Å²) in [6, 6.07) is 11.3. The first-order chi connectivity index (χ1) is 10.2. The van der Waals surface area contributed by atoms with Crippen LogP contribution in [0.5, 0.6) is 11.5 Å². The number of benzene rings is 2. The maximum Gasteiger partial charge on any atom is 0.161 e. The van der Waals surface area contributed by atoms with Gasteiger partial charge in [0.2, 0.25) is 0 Å². The van der Waals surface area contributed by atoms with Gasteiger partial charge in [0, 0.05) is 9.50 Å². The van der Waals surface area contributed by atoms with Crippen LogP contribution in [0.25, 0.3) is 0 Å². The van der Waals surface area contributed by atoms with E-state index in [0.29, 0.717) is 18.2 Å². The molecule has 0 bridgehead atoms. The van der Waals surface area contributed by atoms with Crippen molar-refractivity contribution >= 4 is 27.5 Å². The Morgan fingerprint density at radius 2 is 1.86 bits per heavy atom. The van der Waals surface area contributed by atoms with Crippen LogP contribution >= 0.6 is 27.5 Å². The van der Waals surface area contributed by atoms with Crippen LogP contribution in [0.2, 0.25) is 5.02 Å². The summed E-state index contributed by atoms with van der Waals surface area (Å²) in [7, 11) is 0. The van der Waals surface area contributed by atoms with E-state index in [1.54, 1.807) is 0 Å². The highest BCUT2D eigenvalue weighted by Crippen LogP contribution is 2.36. The number of nitrogens with one attached hydrogen (secondary N) is 1. The van der Waals surface area contributed by atoms with E-state index in [1.165, 1.54) is 0 Å². The van der Waals surface area contributed by atoms with Gasteiger partial charge in [0.15, 0.2) is 11.5 Å². The molecule has 0 spiro atoms. The van der Waals surface area contributed by atoms with Gasteiger partial charge in [-0.2, -0.15) is 0 Å². The van der Waals surface area contributed by atoms with E-state index in [9.17, 15) is 0 Å². The largest absolute Gasteiger partial charge is 0.486 e. The molecule has 6 heteroatoms. The lowest BCUT2D eigenvalue weighted by Crippen LogP contribution is -2.29. The first-order valence-corrected chi connectivity index (χ1v) is 7.67. The molecule has 0 saturated carbocycles. The summed E-state index contributed by atoms with van der Waals surface area (Å²) in [6.07, 6.45) is 0. The maximum absolute atomic E-state index is 6.31. The topological polar surface area (TPSA) is 56.5 Å². The molecule has 3 rings (SSSR count). The van der Waals surface area contributed by atoms with E-state index in [0.717, 1.165) is 27.1 Å². The van der Waals surface area contributed by atoms with Crippen LogP contribution in [-0.4, -0.2) is 13.2 Å². The molecule has 0 radical (unpaired) electrons. The fraction of sp³-hybridized carbons (Fsp3) is 0.200. The van der Waals surface area contributed by atoms with Gasteiger partial charge >= 0.3 is 0 Å². The lowest BCUT2D eigenvalue weighted by molar-refractivity contribution is 0.171. The number of nitrogens with two attached hydrogens (primary N) is 1. The molecule has 21 heavy (non-hydrogen) atoms. The second-order valence-electron chi connectivity index (χ2n) is 4.67. The standard InChI is InChI=1S/C15H14BrClN2O2/c16-10-2-3-11(12(17)8-10)15(19-18)9-1-4-13-14(7-9)21-6-5-20-13/h1-4,7-8,15,19H,5-6,18H2. The van der Waals surface area contributed by atoms with Crippen molar-refractivity contribution in [3.8, 4) is 11.5 Å². The third-order valence-corrected chi connectivity index (χ3v) is 4.16. The van der Waals surface area contributed by atoms with E-state index >= 15 is 0 Å². The van der Waals surface area contributed by atoms with E-state index in [-0.39, 0.29) is 6.04 Å². The highest BCUT2D eigenvalue weighted by atomic mass is 79.9. The van der Waals surface area contributed by atoms with E-state index in [4.69, 9.17) is 26.9 Å². The highest BCUT2D eigenvalue weighted by Gasteiger charge is 2.19. The van der Waals surface area contributed by atoms with Crippen LogP contribution < -0.4 is 20.7 Å². The van der Waals surface area contributed by atoms with Gasteiger partial charge in [-0.1, -0.05) is 39.7 Å². The molecule has 0 aliphatic carbocycles. The van der Waals surface area contributed by atoms with Gasteiger partial charge in [-0.15, -0.1) is 0 Å². The molecule has 1 heterocycles. The second-order valence-corrected chi connectivity index (χ2v) is 5.99. The van der Waals surface area contributed by atoms with Gasteiger partial charge in [0.25, 0.3) is 0 Å². The van der Waals surface area contributed by atoms with Gasteiger partial charge in [-0.05, 0) is 35.4 Å². The SMILES string of the molecule is NNC(c1ccc2c(c1)OCCO2)c1ccc(Br)cc1Cl. The van der Waals surface area contributed by atoms with Crippen molar-refractivity contribution in [2.75, 3.05) is 13.2 Å². The molecular formula is C15H14BrClN2O2. The Hall–Kier alpha value is -1.27. The summed E-state index contributed by atoms with van der Waals surface area (Å²) in [5, 5.41) is 0.641. The van der Waals surface area contributed by atoms with Crippen LogP contribution in [-0.2, 0) is 0 Å². The summed E-state index contributed by atoms with van der Waals surface area (Å²) >= 11 is 9.72. The molecule has 2 aromatic carbocycles. The monoisotopic (exact) mass is 368 g/mol. The molecule has 3 N–H and O–H groups in total. The van der Waals surface area contributed by atoms with E-state index in [1.807, 2.05) is 36.4 Å². The van der Waals surface area contributed by atoms with Gasteiger partial charge in [-0.25, -0.2) is 5.43 Å². The quantitative estimate of drug-likeness (QED) is 0.643. The average molecular weight is 370 g/mol. The lowest BCUT2D eigenvalue weighted by atomic mass is 9.98. The number of fused-ring (bicyclic) bond motifs is 1. The van der Waals surface area contributed by atoms with Gasteiger partial charge < -0.3 is 9.47 Å². The third-order valence-electron chi connectivity index (χ3n) is 3.34. The lowest BCUT2D eigenvalue weighted by Gasteiger charge is -2.22. The number of rotatable bonds is 3. The van der Waals surface area contributed by atoms with Crippen LogP contribution in [0.3, 0.4) is 0 Å². The van der Waals surface area contributed by atoms with Gasteiger partial charge in [0.1, 0.15) is 13.2 Å². The van der Waals surface area contributed by atoms with Crippen molar-refractivity contribution in [2.24, 2.45) is 5.84 Å². The Morgan fingerprint density at radius 1 is 1.10 bits per heavy atom. The minimum absolute atomic E-state index is 0.221. The minimum Gasteiger partial charge on any atom is -0.486 e. The molecule has 0 saturated heterocycles. The number of halogens is 2.